The first-order valence-electron chi connectivity index (χ1n) is 7.60. The van der Waals surface area contributed by atoms with E-state index in [1.54, 1.807) is 12.3 Å². The summed E-state index contributed by atoms with van der Waals surface area (Å²) in [5, 5.41) is 4.35. The number of rotatable bonds is 5. The number of methoxy groups -OCH3 is 1. The van der Waals surface area contributed by atoms with Gasteiger partial charge in [-0.15, -0.1) is 0 Å². The van der Waals surface area contributed by atoms with E-state index in [0.717, 1.165) is 16.5 Å². The zero-order valence-electron chi connectivity index (χ0n) is 13.0. The van der Waals surface area contributed by atoms with Crippen molar-refractivity contribution in [3.05, 3.63) is 17.8 Å². The van der Waals surface area contributed by atoms with Crippen molar-refractivity contribution in [3.8, 4) is 0 Å². The van der Waals surface area contributed by atoms with Gasteiger partial charge in [0.15, 0.2) is 5.16 Å². The van der Waals surface area contributed by atoms with Crippen LogP contribution < -0.4 is 5.32 Å². The summed E-state index contributed by atoms with van der Waals surface area (Å²) in [5.74, 6) is 0.442. The summed E-state index contributed by atoms with van der Waals surface area (Å²) in [6, 6.07) is 0.488. The largest absolute Gasteiger partial charge is 0.466 e. The van der Waals surface area contributed by atoms with Crippen LogP contribution in [0.3, 0.4) is 0 Å². The van der Waals surface area contributed by atoms with Gasteiger partial charge in [0.25, 0.3) is 0 Å². The van der Waals surface area contributed by atoms with Crippen molar-refractivity contribution in [2.45, 2.75) is 43.3 Å². The first-order chi connectivity index (χ1) is 10.7. The van der Waals surface area contributed by atoms with E-state index in [-0.39, 0.29) is 5.97 Å². The molecule has 1 heterocycles. The van der Waals surface area contributed by atoms with Gasteiger partial charge in [-0.25, -0.2) is 14.8 Å². The molecule has 1 aromatic rings. The molecule has 0 aromatic carbocycles. The number of ether oxygens (including phenoxy) is 1. The predicted molar refractivity (Wildman–Crippen MR) is 87.8 cm³/mol. The van der Waals surface area contributed by atoms with Gasteiger partial charge in [-0.1, -0.05) is 18.2 Å². The predicted octanol–water partition coefficient (Wildman–Crippen LogP) is 3.13. The average molecular weight is 319 g/mol. The topological polar surface area (TPSA) is 64.1 Å². The molecule has 6 heteroatoms. The molecule has 0 bridgehead atoms. The van der Waals surface area contributed by atoms with Crippen LogP contribution in [0.25, 0.3) is 6.08 Å². The fraction of sp³-hybridized carbons (Fsp3) is 0.562. The van der Waals surface area contributed by atoms with Gasteiger partial charge < -0.3 is 10.1 Å². The molecule has 1 atom stereocenters. The van der Waals surface area contributed by atoms with E-state index in [9.17, 15) is 4.79 Å². The van der Waals surface area contributed by atoms with E-state index in [1.807, 2.05) is 6.26 Å². The molecule has 2 aliphatic rings. The highest BCUT2D eigenvalue weighted by atomic mass is 32.2. The fourth-order valence-corrected chi connectivity index (χ4v) is 3.57. The molecule has 1 unspecified atom stereocenters. The number of nitrogens with one attached hydrogen (secondary N) is 1. The Balaban J connectivity index is 1.83. The van der Waals surface area contributed by atoms with Gasteiger partial charge in [0.1, 0.15) is 5.82 Å². The molecule has 0 aliphatic heterocycles. The molecule has 1 N–H and O–H groups in total. The molecule has 2 aliphatic carbocycles. The number of hydrogen-bond acceptors (Lipinski definition) is 6. The van der Waals surface area contributed by atoms with Crippen molar-refractivity contribution < 1.29 is 9.53 Å². The second-order valence-corrected chi connectivity index (χ2v) is 6.74. The maximum absolute atomic E-state index is 11.3. The highest BCUT2D eigenvalue weighted by molar-refractivity contribution is 7.98. The van der Waals surface area contributed by atoms with Gasteiger partial charge >= 0.3 is 5.97 Å². The average Bonchev–Trinajstić information content (AvgIpc) is 3.22. The highest BCUT2D eigenvalue weighted by Crippen LogP contribution is 2.58. The lowest BCUT2D eigenvalue weighted by Gasteiger charge is -2.21. The van der Waals surface area contributed by atoms with Crippen LogP contribution in [0, 0.1) is 5.41 Å². The normalized spacial score (nSPS) is 22.2. The van der Waals surface area contributed by atoms with Crippen LogP contribution >= 0.6 is 11.8 Å². The lowest BCUT2D eigenvalue weighted by atomic mass is 10.0. The van der Waals surface area contributed by atoms with Crippen molar-refractivity contribution in [1.82, 2.24) is 9.97 Å². The minimum Gasteiger partial charge on any atom is -0.466 e. The minimum absolute atomic E-state index is 0.376. The Morgan fingerprint density at radius 3 is 3.00 bits per heavy atom. The van der Waals surface area contributed by atoms with Crippen LogP contribution in [0.2, 0.25) is 0 Å². The van der Waals surface area contributed by atoms with Crippen LogP contribution in [-0.4, -0.2) is 35.3 Å². The number of anilines is 1. The van der Waals surface area contributed by atoms with Crippen molar-refractivity contribution in [2.24, 2.45) is 5.41 Å². The first-order valence-corrected chi connectivity index (χ1v) is 8.83. The summed E-state index contributed by atoms with van der Waals surface area (Å²) < 4.78 is 4.64. The van der Waals surface area contributed by atoms with E-state index in [0.29, 0.717) is 11.5 Å². The van der Waals surface area contributed by atoms with Crippen molar-refractivity contribution in [1.29, 1.82) is 0 Å². The third-order valence-electron chi connectivity index (χ3n) is 4.69. The SMILES string of the molecule is COC(=O)/C=C/c1cnc(SC)nc1NC1CCCC12CC2. The number of carbonyl (C=O) groups is 1. The third-order valence-corrected chi connectivity index (χ3v) is 5.25. The summed E-state index contributed by atoms with van der Waals surface area (Å²) in [6.07, 6.45) is 13.3. The quantitative estimate of drug-likeness (QED) is 0.389. The molecular formula is C16H21N3O2S. The Morgan fingerprint density at radius 1 is 1.50 bits per heavy atom. The molecule has 5 nitrogen and oxygen atoms in total. The lowest BCUT2D eigenvalue weighted by Crippen LogP contribution is -2.26. The van der Waals surface area contributed by atoms with Crippen LogP contribution in [0.5, 0.6) is 0 Å². The van der Waals surface area contributed by atoms with E-state index in [4.69, 9.17) is 0 Å². The Labute approximate surface area is 134 Å². The van der Waals surface area contributed by atoms with E-state index in [1.165, 1.54) is 57.1 Å². The molecule has 2 fully saturated rings. The maximum atomic E-state index is 11.3. The Kier molecular flexibility index (Phi) is 4.38. The van der Waals surface area contributed by atoms with Gasteiger partial charge in [0.05, 0.1) is 7.11 Å². The van der Waals surface area contributed by atoms with Crippen molar-refractivity contribution >= 4 is 29.6 Å². The molecule has 0 saturated heterocycles. The second-order valence-electron chi connectivity index (χ2n) is 5.97. The third kappa shape index (κ3) is 3.11. The second kappa shape index (κ2) is 6.28. The van der Waals surface area contributed by atoms with Gasteiger partial charge in [-0.2, -0.15) is 0 Å². The minimum atomic E-state index is -0.376. The smallest absolute Gasteiger partial charge is 0.330 e. The standard InChI is InChI=1S/C16H21N3O2S/c1-21-13(20)6-5-11-10-17-15(22-2)19-14(11)18-12-4-3-7-16(12)8-9-16/h5-6,10,12H,3-4,7-9H2,1-2H3,(H,17,18,19)/b6-5+. The Hall–Kier alpha value is -1.56. The fourth-order valence-electron chi connectivity index (χ4n) is 3.22. The van der Waals surface area contributed by atoms with Crippen LogP contribution in [0.1, 0.15) is 37.7 Å². The zero-order chi connectivity index (χ0) is 15.6. The Morgan fingerprint density at radius 2 is 2.32 bits per heavy atom. The Bertz CT molecular complexity index is 599. The highest BCUT2D eigenvalue weighted by Gasteiger charge is 2.52. The number of thioether (sulfide) groups is 1. The summed E-state index contributed by atoms with van der Waals surface area (Å²) in [6.45, 7) is 0. The maximum Gasteiger partial charge on any atom is 0.330 e. The molecule has 3 rings (SSSR count). The molecule has 118 valence electrons. The number of carbonyl (C=O) groups excluding carboxylic acids is 1. The van der Waals surface area contributed by atoms with Gasteiger partial charge in [-0.05, 0) is 43.4 Å². The molecular weight excluding hydrogens is 298 g/mol. The molecule has 22 heavy (non-hydrogen) atoms. The molecule has 1 aromatic heterocycles. The molecule has 0 amide bonds. The summed E-state index contributed by atoms with van der Waals surface area (Å²) in [7, 11) is 1.37. The first kappa shape index (κ1) is 15.3. The zero-order valence-corrected chi connectivity index (χ0v) is 13.8. The van der Waals surface area contributed by atoms with Gasteiger partial charge in [0.2, 0.25) is 0 Å². The van der Waals surface area contributed by atoms with Crippen LogP contribution in [0.4, 0.5) is 5.82 Å². The van der Waals surface area contributed by atoms with Crippen LogP contribution in [-0.2, 0) is 9.53 Å². The summed E-state index contributed by atoms with van der Waals surface area (Å²) in [4.78, 5) is 20.2. The lowest BCUT2D eigenvalue weighted by molar-refractivity contribution is -0.134. The number of esters is 1. The molecule has 2 saturated carbocycles. The van der Waals surface area contributed by atoms with Crippen molar-refractivity contribution in [3.63, 3.8) is 0 Å². The van der Waals surface area contributed by atoms with Crippen LogP contribution in [0.15, 0.2) is 17.4 Å². The molecule has 1 spiro atoms. The van der Waals surface area contributed by atoms with Gasteiger partial charge in [-0.3, -0.25) is 0 Å². The van der Waals surface area contributed by atoms with E-state index in [2.05, 4.69) is 20.0 Å². The number of aromatic nitrogens is 2. The number of nitrogens with zero attached hydrogens (tertiary/aromatic N) is 2. The summed E-state index contributed by atoms with van der Waals surface area (Å²) >= 11 is 1.52. The van der Waals surface area contributed by atoms with Gasteiger partial charge in [0, 0.05) is 23.9 Å². The molecule has 0 radical (unpaired) electrons. The monoisotopic (exact) mass is 319 g/mol. The van der Waals surface area contributed by atoms with E-state index >= 15 is 0 Å². The summed E-state index contributed by atoms with van der Waals surface area (Å²) in [5.41, 5.74) is 1.32. The van der Waals surface area contributed by atoms with Crippen molar-refractivity contribution in [2.75, 3.05) is 18.7 Å². The number of hydrogen-bond donors (Lipinski definition) is 1. The van der Waals surface area contributed by atoms with E-state index < -0.39 is 0 Å².